The molecule has 20 heavy (non-hydrogen) atoms. The average Bonchev–Trinajstić information content (AvgIpc) is 2.76. The van der Waals surface area contributed by atoms with Gasteiger partial charge in [-0.05, 0) is 57.2 Å². The van der Waals surface area contributed by atoms with E-state index >= 15 is 0 Å². The number of rotatable bonds is 3. The van der Waals surface area contributed by atoms with Crippen LogP contribution in [0.3, 0.4) is 0 Å². The van der Waals surface area contributed by atoms with E-state index in [2.05, 4.69) is 31.9 Å². The predicted octanol–water partition coefficient (Wildman–Crippen LogP) is 3.99. The molecule has 0 atom stereocenters. The molecule has 1 N–H and O–H groups in total. The Hall–Kier alpha value is -0.400. The minimum Gasteiger partial charge on any atom is -0.481 e. The zero-order chi connectivity index (χ0) is 14.9. The number of carbonyl (C=O) groups is 2. The number of hydrogen-bond donors (Lipinski definition) is 1. The van der Waals surface area contributed by atoms with Gasteiger partial charge in [-0.15, -0.1) is 11.3 Å². The molecule has 0 spiro atoms. The molecule has 0 aromatic carbocycles. The van der Waals surface area contributed by atoms with E-state index in [0.29, 0.717) is 37.9 Å². The van der Waals surface area contributed by atoms with E-state index in [-0.39, 0.29) is 5.91 Å². The molecule has 1 aromatic heterocycles. The molecule has 1 fully saturated rings. The first-order valence-corrected chi connectivity index (χ1v) is 8.77. The first-order chi connectivity index (χ1) is 9.39. The fraction of sp³-hybridized carbons (Fsp3) is 0.538. The summed E-state index contributed by atoms with van der Waals surface area (Å²) in [5.74, 6) is -0.777. The molecule has 0 radical (unpaired) electrons. The van der Waals surface area contributed by atoms with Gasteiger partial charge in [0.2, 0.25) is 0 Å². The largest absolute Gasteiger partial charge is 0.481 e. The molecule has 1 saturated heterocycles. The van der Waals surface area contributed by atoms with Crippen LogP contribution in [0, 0.1) is 5.41 Å². The first kappa shape index (κ1) is 16.0. The molecule has 7 heteroatoms. The lowest BCUT2D eigenvalue weighted by Crippen LogP contribution is -2.46. The Morgan fingerprint density at radius 1 is 1.40 bits per heavy atom. The number of likely N-dealkylation sites (tertiary alicyclic amines) is 1. The Kier molecular flexibility index (Phi) is 4.92. The molecular weight excluding hydrogens is 410 g/mol. The van der Waals surface area contributed by atoms with Crippen LogP contribution in [-0.4, -0.2) is 35.0 Å². The zero-order valence-electron chi connectivity index (χ0n) is 11.0. The maximum absolute atomic E-state index is 12.4. The van der Waals surface area contributed by atoms with Crippen molar-refractivity contribution in [3.05, 3.63) is 19.2 Å². The molecule has 1 aromatic rings. The lowest BCUT2D eigenvalue weighted by atomic mass is 9.76. The van der Waals surface area contributed by atoms with Gasteiger partial charge >= 0.3 is 5.97 Å². The average molecular weight is 425 g/mol. The molecule has 110 valence electrons. The molecule has 0 saturated carbocycles. The van der Waals surface area contributed by atoms with E-state index in [0.717, 1.165) is 7.57 Å². The number of nitrogens with zero attached hydrogens (tertiary/aromatic N) is 1. The normalized spacial score (nSPS) is 18.1. The third-order valence-corrected chi connectivity index (χ3v) is 6.36. The van der Waals surface area contributed by atoms with Crippen LogP contribution in [0.25, 0.3) is 0 Å². The number of amides is 1. The minimum atomic E-state index is -0.744. The molecule has 1 aliphatic heterocycles. The molecule has 0 bridgehead atoms. The highest BCUT2D eigenvalue weighted by Gasteiger charge is 2.41. The van der Waals surface area contributed by atoms with E-state index < -0.39 is 11.4 Å². The van der Waals surface area contributed by atoms with Crippen LogP contribution in [0.2, 0.25) is 0 Å². The maximum Gasteiger partial charge on any atom is 0.309 e. The van der Waals surface area contributed by atoms with Crippen LogP contribution in [0.1, 0.15) is 36.5 Å². The van der Waals surface area contributed by atoms with Gasteiger partial charge in [0, 0.05) is 13.1 Å². The Bertz CT molecular complexity index is 536. The van der Waals surface area contributed by atoms with Crippen LogP contribution in [0.15, 0.2) is 13.6 Å². The summed E-state index contributed by atoms with van der Waals surface area (Å²) in [4.78, 5) is 25.6. The van der Waals surface area contributed by atoms with Crippen LogP contribution in [0.5, 0.6) is 0 Å². The number of thiophene rings is 1. The third kappa shape index (κ3) is 2.94. The Morgan fingerprint density at radius 3 is 2.40 bits per heavy atom. The second-order valence-electron chi connectivity index (χ2n) is 4.97. The molecule has 4 nitrogen and oxygen atoms in total. The second kappa shape index (κ2) is 6.15. The fourth-order valence-electron chi connectivity index (χ4n) is 2.51. The topological polar surface area (TPSA) is 57.6 Å². The van der Waals surface area contributed by atoms with Crippen molar-refractivity contribution < 1.29 is 14.7 Å². The number of carboxylic acid groups (broad SMARTS) is 1. The van der Waals surface area contributed by atoms with E-state index in [9.17, 15) is 14.7 Å². The number of piperidine rings is 1. The lowest BCUT2D eigenvalue weighted by molar-refractivity contribution is -0.152. The lowest BCUT2D eigenvalue weighted by Gasteiger charge is -2.38. The highest BCUT2D eigenvalue weighted by Crippen LogP contribution is 2.37. The minimum absolute atomic E-state index is 0.0334. The van der Waals surface area contributed by atoms with Crippen molar-refractivity contribution in [2.75, 3.05) is 13.1 Å². The standard InChI is InChI=1S/C13H15Br2NO3S/c1-2-13(12(18)19)3-5-16(6-4-13)11(17)8-7-9(14)20-10(8)15/h7H,2-6H2,1H3,(H,18,19). The summed E-state index contributed by atoms with van der Waals surface area (Å²) in [5, 5.41) is 9.36. The fourth-order valence-corrected chi connectivity index (χ4v) is 5.29. The summed E-state index contributed by atoms with van der Waals surface area (Å²) >= 11 is 8.22. The molecule has 2 rings (SSSR count). The monoisotopic (exact) mass is 423 g/mol. The summed E-state index contributed by atoms with van der Waals surface area (Å²) in [6.45, 7) is 2.90. The van der Waals surface area contributed by atoms with Crippen molar-refractivity contribution in [3.8, 4) is 0 Å². The van der Waals surface area contributed by atoms with Gasteiger partial charge in [0.15, 0.2) is 0 Å². The molecule has 1 amide bonds. The Labute approximate surface area is 138 Å². The Balaban J connectivity index is 2.09. The van der Waals surface area contributed by atoms with Crippen molar-refractivity contribution in [2.45, 2.75) is 26.2 Å². The molecular formula is C13H15Br2NO3S. The van der Waals surface area contributed by atoms with Crippen molar-refractivity contribution in [3.63, 3.8) is 0 Å². The van der Waals surface area contributed by atoms with Gasteiger partial charge in [-0.3, -0.25) is 9.59 Å². The van der Waals surface area contributed by atoms with Gasteiger partial charge in [-0.25, -0.2) is 0 Å². The second-order valence-corrected chi connectivity index (χ2v) is 8.72. The van der Waals surface area contributed by atoms with Gasteiger partial charge in [0.25, 0.3) is 5.91 Å². The smallest absolute Gasteiger partial charge is 0.309 e. The summed E-state index contributed by atoms with van der Waals surface area (Å²) in [6, 6.07) is 1.80. The maximum atomic E-state index is 12.4. The summed E-state index contributed by atoms with van der Waals surface area (Å²) in [7, 11) is 0. The van der Waals surface area contributed by atoms with Crippen molar-refractivity contribution in [2.24, 2.45) is 5.41 Å². The number of carboxylic acids is 1. The van der Waals surface area contributed by atoms with Crippen molar-refractivity contribution >= 4 is 55.1 Å². The SMILES string of the molecule is CCC1(C(=O)O)CCN(C(=O)c2cc(Br)sc2Br)CC1. The number of carbonyl (C=O) groups excluding carboxylic acids is 1. The van der Waals surface area contributed by atoms with Gasteiger partial charge < -0.3 is 10.0 Å². The quantitative estimate of drug-likeness (QED) is 0.797. The number of hydrogen-bond acceptors (Lipinski definition) is 3. The molecule has 0 aliphatic carbocycles. The molecule has 1 aliphatic rings. The number of aliphatic carboxylic acids is 1. The van der Waals surface area contributed by atoms with Crippen LogP contribution in [0.4, 0.5) is 0 Å². The third-order valence-electron chi connectivity index (χ3n) is 4.03. The van der Waals surface area contributed by atoms with Gasteiger partial charge in [-0.1, -0.05) is 6.92 Å². The highest BCUT2D eigenvalue weighted by molar-refractivity contribution is 9.12. The van der Waals surface area contributed by atoms with Crippen LogP contribution < -0.4 is 0 Å². The summed E-state index contributed by atoms with van der Waals surface area (Å²) < 4.78 is 1.71. The number of halogens is 2. The zero-order valence-corrected chi connectivity index (χ0v) is 15.0. The predicted molar refractivity (Wildman–Crippen MR) is 85.2 cm³/mol. The van der Waals surface area contributed by atoms with Crippen LogP contribution in [-0.2, 0) is 4.79 Å². The van der Waals surface area contributed by atoms with Crippen LogP contribution >= 0.6 is 43.2 Å². The van der Waals surface area contributed by atoms with E-state index in [1.165, 1.54) is 11.3 Å². The molecule has 0 unspecified atom stereocenters. The van der Waals surface area contributed by atoms with Gasteiger partial charge in [-0.2, -0.15) is 0 Å². The summed E-state index contributed by atoms with van der Waals surface area (Å²) in [5.41, 5.74) is -0.0235. The first-order valence-electron chi connectivity index (χ1n) is 6.37. The van der Waals surface area contributed by atoms with E-state index in [1.54, 1.807) is 11.0 Å². The van der Waals surface area contributed by atoms with Gasteiger partial charge in [0.05, 0.1) is 18.6 Å². The van der Waals surface area contributed by atoms with E-state index in [1.807, 2.05) is 6.92 Å². The molecule has 2 heterocycles. The Morgan fingerprint density at radius 2 is 2.00 bits per heavy atom. The highest BCUT2D eigenvalue weighted by atomic mass is 79.9. The van der Waals surface area contributed by atoms with Gasteiger partial charge in [0.1, 0.15) is 0 Å². The summed E-state index contributed by atoms with van der Waals surface area (Å²) in [6.07, 6.45) is 1.65. The van der Waals surface area contributed by atoms with Crippen molar-refractivity contribution in [1.29, 1.82) is 0 Å². The van der Waals surface area contributed by atoms with Crippen molar-refractivity contribution in [1.82, 2.24) is 4.90 Å². The van der Waals surface area contributed by atoms with E-state index in [4.69, 9.17) is 0 Å².